The predicted molar refractivity (Wildman–Crippen MR) is 94.7 cm³/mol. The maximum atomic E-state index is 5.67. The summed E-state index contributed by atoms with van der Waals surface area (Å²) in [7, 11) is 2.08. The summed E-state index contributed by atoms with van der Waals surface area (Å²) < 4.78 is 11.3. The molecule has 4 heteroatoms. The van der Waals surface area contributed by atoms with Gasteiger partial charge in [-0.2, -0.15) is 0 Å². The third-order valence-corrected chi connectivity index (χ3v) is 3.70. The summed E-state index contributed by atoms with van der Waals surface area (Å²) in [4.78, 5) is 6.83. The zero-order chi connectivity index (χ0) is 16.8. The van der Waals surface area contributed by atoms with Crippen LogP contribution < -0.4 is 4.74 Å². The lowest BCUT2D eigenvalue weighted by Crippen LogP contribution is -2.17. The molecule has 1 aromatic heterocycles. The van der Waals surface area contributed by atoms with Crippen molar-refractivity contribution < 1.29 is 9.15 Å². The van der Waals surface area contributed by atoms with E-state index in [0.29, 0.717) is 12.5 Å². The van der Waals surface area contributed by atoms with Gasteiger partial charge in [-0.15, -0.1) is 0 Å². The van der Waals surface area contributed by atoms with Crippen LogP contribution in [0.5, 0.6) is 5.75 Å². The minimum absolute atomic E-state index is 0.599. The second-order valence-electron chi connectivity index (χ2n) is 5.73. The first-order valence-corrected chi connectivity index (χ1v) is 8.15. The molecular formula is C20H22N2O2. The molecule has 1 heterocycles. The number of benzene rings is 2. The van der Waals surface area contributed by atoms with E-state index in [9.17, 15) is 0 Å². The summed E-state index contributed by atoms with van der Waals surface area (Å²) >= 11 is 0. The molecule has 0 radical (unpaired) electrons. The summed E-state index contributed by atoms with van der Waals surface area (Å²) in [6, 6.07) is 18.2. The van der Waals surface area contributed by atoms with E-state index in [1.54, 1.807) is 6.26 Å². The van der Waals surface area contributed by atoms with Crippen LogP contribution in [-0.2, 0) is 13.1 Å². The van der Waals surface area contributed by atoms with Gasteiger partial charge in [-0.05, 0) is 31.7 Å². The fraction of sp³-hybridized carbons (Fsp3) is 0.250. The number of para-hydroxylation sites is 1. The van der Waals surface area contributed by atoms with Crippen molar-refractivity contribution in [3.05, 3.63) is 72.1 Å². The Hall–Kier alpha value is -2.59. The lowest BCUT2D eigenvalue weighted by Gasteiger charge is -2.14. The number of ether oxygens (including phenoxy) is 1. The van der Waals surface area contributed by atoms with Gasteiger partial charge in [-0.3, -0.25) is 4.90 Å². The average molecular weight is 322 g/mol. The highest BCUT2D eigenvalue weighted by Gasteiger charge is 2.13. The van der Waals surface area contributed by atoms with Crippen LogP contribution >= 0.6 is 0 Å². The van der Waals surface area contributed by atoms with E-state index < -0.39 is 0 Å². The van der Waals surface area contributed by atoms with Gasteiger partial charge in [-0.25, -0.2) is 4.98 Å². The van der Waals surface area contributed by atoms with Crippen LogP contribution in [0.15, 0.2) is 65.3 Å². The van der Waals surface area contributed by atoms with E-state index in [1.807, 2.05) is 37.3 Å². The summed E-state index contributed by atoms with van der Waals surface area (Å²) in [6.07, 6.45) is 1.72. The minimum atomic E-state index is 0.599. The van der Waals surface area contributed by atoms with Crippen LogP contribution in [0.1, 0.15) is 18.2 Å². The number of nitrogens with zero attached hydrogens (tertiary/aromatic N) is 2. The van der Waals surface area contributed by atoms with Gasteiger partial charge in [0.2, 0.25) is 5.89 Å². The molecular weight excluding hydrogens is 300 g/mol. The molecule has 0 fully saturated rings. The second kappa shape index (κ2) is 7.79. The third kappa shape index (κ3) is 4.03. The maximum absolute atomic E-state index is 5.67. The Bertz CT molecular complexity index is 768. The molecule has 0 aliphatic heterocycles. The van der Waals surface area contributed by atoms with Gasteiger partial charge in [0.15, 0.2) is 0 Å². The fourth-order valence-corrected chi connectivity index (χ4v) is 2.66. The standard InChI is InChI=1S/C20H22N2O2/c1-3-23-19-12-8-7-11-18(19)20-21-17(15-24-20)14-22(2)13-16-9-5-4-6-10-16/h4-12,15H,3,13-14H2,1-2H3. The van der Waals surface area contributed by atoms with Crippen LogP contribution in [0.3, 0.4) is 0 Å². The first kappa shape index (κ1) is 16.3. The fourth-order valence-electron chi connectivity index (χ4n) is 2.66. The molecule has 3 aromatic rings. The largest absolute Gasteiger partial charge is 0.493 e. The van der Waals surface area contributed by atoms with Crippen LogP contribution in [0.4, 0.5) is 0 Å². The Labute approximate surface area is 142 Å². The molecule has 0 spiro atoms. The summed E-state index contributed by atoms with van der Waals surface area (Å²) in [5, 5.41) is 0. The highest BCUT2D eigenvalue weighted by molar-refractivity contribution is 5.62. The summed E-state index contributed by atoms with van der Waals surface area (Å²) in [6.45, 7) is 4.19. The van der Waals surface area contributed by atoms with Crippen LogP contribution in [0.2, 0.25) is 0 Å². The van der Waals surface area contributed by atoms with Crippen molar-refractivity contribution in [1.29, 1.82) is 0 Å². The smallest absolute Gasteiger partial charge is 0.229 e. The van der Waals surface area contributed by atoms with Crippen LogP contribution in [0.25, 0.3) is 11.5 Å². The minimum Gasteiger partial charge on any atom is -0.493 e. The average Bonchev–Trinajstić information content (AvgIpc) is 3.04. The van der Waals surface area contributed by atoms with Gasteiger partial charge >= 0.3 is 0 Å². The number of hydrogen-bond donors (Lipinski definition) is 0. The molecule has 0 aliphatic rings. The second-order valence-corrected chi connectivity index (χ2v) is 5.73. The van der Waals surface area contributed by atoms with Crippen LogP contribution in [-0.4, -0.2) is 23.5 Å². The van der Waals surface area contributed by atoms with Crippen molar-refractivity contribution >= 4 is 0 Å². The molecule has 0 N–H and O–H groups in total. The first-order valence-electron chi connectivity index (χ1n) is 8.15. The zero-order valence-electron chi connectivity index (χ0n) is 14.1. The van der Waals surface area contributed by atoms with Gasteiger partial charge < -0.3 is 9.15 Å². The molecule has 3 rings (SSSR count). The molecule has 4 nitrogen and oxygen atoms in total. The number of oxazole rings is 1. The van der Waals surface area contributed by atoms with Gasteiger partial charge in [0.05, 0.1) is 17.9 Å². The van der Waals surface area contributed by atoms with Crippen molar-refractivity contribution in [3.63, 3.8) is 0 Å². The quantitative estimate of drug-likeness (QED) is 0.647. The highest BCUT2D eigenvalue weighted by Crippen LogP contribution is 2.29. The Morgan fingerprint density at radius 1 is 1.00 bits per heavy atom. The topological polar surface area (TPSA) is 38.5 Å². The van der Waals surface area contributed by atoms with Crippen LogP contribution in [0, 0.1) is 0 Å². The van der Waals surface area contributed by atoms with Crippen molar-refractivity contribution in [3.8, 4) is 17.2 Å². The maximum Gasteiger partial charge on any atom is 0.229 e. The molecule has 0 saturated heterocycles. The lowest BCUT2D eigenvalue weighted by atomic mass is 10.2. The zero-order valence-corrected chi connectivity index (χ0v) is 14.1. The molecule has 0 unspecified atom stereocenters. The first-order chi connectivity index (χ1) is 11.8. The normalized spacial score (nSPS) is 11.0. The molecule has 0 aliphatic carbocycles. The van der Waals surface area contributed by atoms with E-state index in [0.717, 1.165) is 30.1 Å². The van der Waals surface area contributed by atoms with Crippen molar-refractivity contribution in [1.82, 2.24) is 9.88 Å². The molecule has 2 aromatic carbocycles. The molecule has 0 atom stereocenters. The highest BCUT2D eigenvalue weighted by atomic mass is 16.5. The van der Waals surface area contributed by atoms with Gasteiger partial charge in [-0.1, -0.05) is 42.5 Å². The number of aromatic nitrogens is 1. The monoisotopic (exact) mass is 322 g/mol. The third-order valence-electron chi connectivity index (χ3n) is 3.70. The Morgan fingerprint density at radius 2 is 1.75 bits per heavy atom. The predicted octanol–water partition coefficient (Wildman–Crippen LogP) is 4.37. The van der Waals surface area contributed by atoms with E-state index in [1.165, 1.54) is 5.56 Å². The van der Waals surface area contributed by atoms with E-state index >= 15 is 0 Å². The van der Waals surface area contributed by atoms with E-state index in [-0.39, 0.29) is 0 Å². The Morgan fingerprint density at radius 3 is 2.54 bits per heavy atom. The number of hydrogen-bond acceptors (Lipinski definition) is 4. The molecule has 0 bridgehead atoms. The molecule has 24 heavy (non-hydrogen) atoms. The van der Waals surface area contributed by atoms with Crippen molar-refractivity contribution in [2.75, 3.05) is 13.7 Å². The summed E-state index contributed by atoms with van der Waals surface area (Å²) in [5.74, 6) is 1.40. The van der Waals surface area contributed by atoms with Gasteiger partial charge in [0.25, 0.3) is 0 Å². The molecule has 124 valence electrons. The molecule has 0 amide bonds. The SMILES string of the molecule is CCOc1ccccc1-c1nc(CN(C)Cc2ccccc2)co1. The lowest BCUT2D eigenvalue weighted by molar-refractivity contribution is 0.315. The molecule has 0 saturated carbocycles. The van der Waals surface area contributed by atoms with E-state index in [4.69, 9.17) is 9.15 Å². The Balaban J connectivity index is 1.69. The van der Waals surface area contributed by atoms with E-state index in [2.05, 4.69) is 41.2 Å². The van der Waals surface area contributed by atoms with Crippen molar-refractivity contribution in [2.45, 2.75) is 20.0 Å². The van der Waals surface area contributed by atoms with Gasteiger partial charge in [0, 0.05) is 13.1 Å². The van der Waals surface area contributed by atoms with Gasteiger partial charge in [0.1, 0.15) is 12.0 Å². The summed E-state index contributed by atoms with van der Waals surface area (Å²) in [5.41, 5.74) is 3.08. The Kier molecular flexibility index (Phi) is 5.29. The van der Waals surface area contributed by atoms with Crippen molar-refractivity contribution in [2.24, 2.45) is 0 Å². The number of rotatable bonds is 7.